The molecule has 0 bridgehead atoms. The average molecular weight is 643 g/mol. The SMILES string of the molecule is CC(=O)Nc1nccc(Cc2c(C)c3ccc(O)cc3oc2=O)c1F.Cc1c(Cc2ccnc(N)c2F)c(=O)oc2cc(O)ccc12. The monoisotopic (exact) mass is 642 g/mol. The van der Waals surface area contributed by atoms with Gasteiger partial charge in [-0.15, -0.1) is 0 Å². The molecular formula is C34H28F2N4O7. The molecule has 6 rings (SSSR count). The van der Waals surface area contributed by atoms with Gasteiger partial charge in [0.1, 0.15) is 22.7 Å². The van der Waals surface area contributed by atoms with Gasteiger partial charge in [0, 0.05) is 66.2 Å². The van der Waals surface area contributed by atoms with E-state index in [0.29, 0.717) is 38.6 Å². The van der Waals surface area contributed by atoms with E-state index < -0.39 is 28.8 Å². The molecule has 0 unspecified atom stereocenters. The minimum Gasteiger partial charge on any atom is -0.508 e. The summed E-state index contributed by atoms with van der Waals surface area (Å²) >= 11 is 0. The number of anilines is 2. The molecule has 0 aliphatic rings. The second-order valence-corrected chi connectivity index (χ2v) is 10.7. The number of phenolic OH excluding ortho intramolecular Hbond substituents is 2. The van der Waals surface area contributed by atoms with Crippen molar-refractivity contribution in [2.24, 2.45) is 0 Å². The van der Waals surface area contributed by atoms with Gasteiger partial charge in [0.15, 0.2) is 23.3 Å². The number of aromatic hydroxyl groups is 2. The molecule has 0 saturated heterocycles. The Morgan fingerprint density at radius 2 is 1.26 bits per heavy atom. The number of carbonyl (C=O) groups is 1. The van der Waals surface area contributed by atoms with Crippen molar-refractivity contribution < 1.29 is 32.6 Å². The zero-order valence-corrected chi connectivity index (χ0v) is 25.4. The Morgan fingerprint density at radius 1 is 0.787 bits per heavy atom. The van der Waals surface area contributed by atoms with Crippen molar-refractivity contribution in [1.82, 2.24) is 9.97 Å². The second-order valence-electron chi connectivity index (χ2n) is 10.7. The van der Waals surface area contributed by atoms with Crippen molar-refractivity contribution in [3.8, 4) is 11.5 Å². The van der Waals surface area contributed by atoms with Crippen LogP contribution < -0.4 is 22.3 Å². The molecule has 5 N–H and O–H groups in total. The highest BCUT2D eigenvalue weighted by molar-refractivity contribution is 5.88. The molecule has 2 aromatic carbocycles. The molecule has 11 nitrogen and oxygen atoms in total. The van der Waals surface area contributed by atoms with Crippen LogP contribution in [0.3, 0.4) is 0 Å². The first-order valence-electron chi connectivity index (χ1n) is 14.1. The molecule has 0 spiro atoms. The first-order chi connectivity index (χ1) is 22.3. The quantitative estimate of drug-likeness (QED) is 0.178. The van der Waals surface area contributed by atoms with Gasteiger partial charge < -0.3 is 30.1 Å². The van der Waals surface area contributed by atoms with Gasteiger partial charge in [0.2, 0.25) is 5.91 Å². The largest absolute Gasteiger partial charge is 0.508 e. The summed E-state index contributed by atoms with van der Waals surface area (Å²) < 4.78 is 38.9. The molecule has 0 aliphatic heterocycles. The number of hydrogen-bond donors (Lipinski definition) is 4. The Bertz CT molecular complexity index is 2300. The number of benzene rings is 2. The van der Waals surface area contributed by atoms with Crippen LogP contribution in [-0.4, -0.2) is 26.1 Å². The van der Waals surface area contributed by atoms with Gasteiger partial charge in [0.05, 0.1) is 0 Å². The van der Waals surface area contributed by atoms with E-state index >= 15 is 0 Å². The fourth-order valence-corrected chi connectivity index (χ4v) is 5.07. The number of aromatic nitrogens is 2. The van der Waals surface area contributed by atoms with Crippen molar-refractivity contribution in [2.75, 3.05) is 11.1 Å². The number of nitrogens with one attached hydrogen (secondary N) is 1. The Labute approximate surface area is 265 Å². The second kappa shape index (κ2) is 13.1. The zero-order valence-electron chi connectivity index (χ0n) is 25.4. The lowest BCUT2D eigenvalue weighted by Gasteiger charge is -2.10. The average Bonchev–Trinajstić information content (AvgIpc) is 3.01. The smallest absolute Gasteiger partial charge is 0.340 e. The van der Waals surface area contributed by atoms with Crippen LogP contribution in [0.5, 0.6) is 11.5 Å². The van der Waals surface area contributed by atoms with E-state index in [0.717, 1.165) is 0 Å². The lowest BCUT2D eigenvalue weighted by molar-refractivity contribution is -0.114. The lowest BCUT2D eigenvalue weighted by atomic mass is 10.00. The maximum absolute atomic E-state index is 14.5. The van der Waals surface area contributed by atoms with Gasteiger partial charge >= 0.3 is 11.3 Å². The van der Waals surface area contributed by atoms with Crippen LogP contribution in [0.2, 0.25) is 0 Å². The van der Waals surface area contributed by atoms with Crippen LogP contribution in [-0.2, 0) is 17.6 Å². The molecule has 0 aliphatic carbocycles. The number of hydrogen-bond acceptors (Lipinski definition) is 10. The van der Waals surface area contributed by atoms with Crippen LogP contribution in [0.15, 0.2) is 79.3 Å². The summed E-state index contributed by atoms with van der Waals surface area (Å²) in [4.78, 5) is 43.0. The molecule has 0 atom stereocenters. The van der Waals surface area contributed by atoms with Crippen molar-refractivity contribution in [2.45, 2.75) is 33.6 Å². The first-order valence-corrected chi connectivity index (χ1v) is 14.1. The number of phenols is 2. The predicted octanol–water partition coefficient (Wildman–Crippen LogP) is 5.40. The lowest BCUT2D eigenvalue weighted by Crippen LogP contribution is -2.14. The van der Waals surface area contributed by atoms with Gasteiger partial charge in [-0.05, 0) is 72.5 Å². The normalized spacial score (nSPS) is 10.9. The summed E-state index contributed by atoms with van der Waals surface area (Å²) in [6.07, 6.45) is 2.80. The molecule has 1 amide bonds. The van der Waals surface area contributed by atoms with Crippen LogP contribution in [0.4, 0.5) is 20.4 Å². The summed E-state index contributed by atoms with van der Waals surface area (Å²) in [5.74, 6) is -2.15. The Balaban J connectivity index is 0.000000186. The molecule has 4 aromatic heterocycles. The number of halogens is 2. The van der Waals surface area contributed by atoms with E-state index in [9.17, 15) is 33.4 Å². The molecule has 0 fully saturated rings. The third-order valence-electron chi connectivity index (χ3n) is 7.54. The fraction of sp³-hybridized carbons (Fsp3) is 0.147. The van der Waals surface area contributed by atoms with Crippen molar-refractivity contribution >= 4 is 39.5 Å². The third kappa shape index (κ3) is 6.78. The minimum absolute atomic E-state index is 0.00801. The van der Waals surface area contributed by atoms with Crippen molar-refractivity contribution in [3.63, 3.8) is 0 Å². The van der Waals surface area contributed by atoms with E-state index in [-0.39, 0.29) is 52.7 Å². The first kappa shape index (κ1) is 32.3. The number of nitrogens with zero attached hydrogens (tertiary/aromatic N) is 2. The van der Waals surface area contributed by atoms with E-state index in [2.05, 4.69) is 15.3 Å². The fourth-order valence-electron chi connectivity index (χ4n) is 5.07. The number of pyridine rings is 2. The maximum atomic E-state index is 14.5. The molecule has 240 valence electrons. The van der Waals surface area contributed by atoms with E-state index in [1.807, 2.05) is 0 Å². The Kier molecular flexibility index (Phi) is 8.99. The predicted molar refractivity (Wildman–Crippen MR) is 170 cm³/mol. The van der Waals surface area contributed by atoms with Gasteiger partial charge in [-0.3, -0.25) is 4.79 Å². The highest BCUT2D eigenvalue weighted by Gasteiger charge is 2.18. The number of fused-ring (bicyclic) bond motifs is 2. The topological polar surface area (TPSA) is 182 Å². The third-order valence-corrected chi connectivity index (χ3v) is 7.54. The summed E-state index contributed by atoms with van der Waals surface area (Å²) in [6, 6.07) is 11.9. The highest BCUT2D eigenvalue weighted by atomic mass is 19.1. The number of nitrogens with two attached hydrogens (primary N) is 1. The van der Waals surface area contributed by atoms with Crippen molar-refractivity contribution in [1.29, 1.82) is 0 Å². The van der Waals surface area contributed by atoms with Gasteiger partial charge in [0.25, 0.3) is 0 Å². The zero-order chi connectivity index (χ0) is 34.0. The Morgan fingerprint density at radius 3 is 1.74 bits per heavy atom. The van der Waals surface area contributed by atoms with Gasteiger partial charge in [-0.1, -0.05) is 0 Å². The van der Waals surface area contributed by atoms with Crippen LogP contribution in [0, 0.1) is 25.5 Å². The minimum atomic E-state index is -0.692. The van der Waals surface area contributed by atoms with Crippen molar-refractivity contribution in [3.05, 3.63) is 127 Å². The number of aryl methyl sites for hydroxylation is 2. The molecular weight excluding hydrogens is 614 g/mol. The molecule has 0 saturated carbocycles. The Hall–Kier alpha value is -6.11. The molecule has 13 heteroatoms. The van der Waals surface area contributed by atoms with E-state index in [1.54, 1.807) is 26.0 Å². The van der Waals surface area contributed by atoms with Gasteiger partial charge in [-0.2, -0.15) is 0 Å². The molecule has 0 radical (unpaired) electrons. The van der Waals surface area contributed by atoms with Crippen LogP contribution >= 0.6 is 0 Å². The van der Waals surface area contributed by atoms with E-state index in [4.69, 9.17) is 14.6 Å². The molecule has 6 aromatic rings. The van der Waals surface area contributed by atoms with Crippen LogP contribution in [0.1, 0.15) is 40.3 Å². The number of carbonyl (C=O) groups excluding carboxylic acids is 1. The van der Waals surface area contributed by atoms with Crippen LogP contribution in [0.25, 0.3) is 21.9 Å². The molecule has 47 heavy (non-hydrogen) atoms. The standard InChI is InChI=1S/C18H15FN2O4.C16H13FN2O3/c1-9-13-4-3-12(23)8-15(13)25-18(24)14(9)7-11-5-6-20-17(16(11)19)21-10(2)22;1-8-11-3-2-10(20)7-13(11)22-16(21)12(8)6-9-4-5-19-15(18)14(9)17/h3-6,8,23H,7H2,1-2H3,(H,20,21,22);2-5,7,20H,6H2,1H3,(H2,18,19). The number of nitrogen functional groups attached to an aromatic ring is 1. The summed E-state index contributed by atoms with van der Waals surface area (Å²) in [5.41, 5.74) is 7.30. The number of amides is 1. The maximum Gasteiger partial charge on any atom is 0.340 e. The van der Waals surface area contributed by atoms with E-state index in [1.165, 1.54) is 55.7 Å². The van der Waals surface area contributed by atoms with Gasteiger partial charge in [-0.25, -0.2) is 28.3 Å². The summed E-state index contributed by atoms with van der Waals surface area (Å²) in [7, 11) is 0. The summed E-state index contributed by atoms with van der Waals surface area (Å²) in [6.45, 7) is 4.75. The summed E-state index contributed by atoms with van der Waals surface area (Å²) in [5, 5.41) is 22.6. The molecule has 4 heterocycles. The number of rotatable bonds is 5. The highest BCUT2D eigenvalue weighted by Crippen LogP contribution is 2.27.